The van der Waals surface area contributed by atoms with Gasteiger partial charge in [-0.1, -0.05) is 6.58 Å². The molecule has 0 aromatic carbocycles. The summed E-state index contributed by atoms with van der Waals surface area (Å²) >= 11 is 0. The van der Waals surface area contributed by atoms with Crippen molar-refractivity contribution >= 4 is 49.2 Å². The van der Waals surface area contributed by atoms with E-state index in [1.54, 1.807) is 0 Å². The normalized spacial score (nSPS) is 15.0. The molecule has 0 spiro atoms. The highest BCUT2D eigenvalue weighted by molar-refractivity contribution is 6.83. The number of ether oxygens (including phenoxy) is 1. The molecule has 0 aliphatic rings. The topological polar surface area (TPSA) is 54.0 Å². The smallest absolute Gasteiger partial charge is 0.330 e. The molecule has 0 heterocycles. The molecule has 0 rings (SSSR count). The molecule has 0 bridgehead atoms. The molecule has 27 heavy (non-hydrogen) atoms. The average molecular weight is 467 g/mol. The third-order valence-electron chi connectivity index (χ3n) is 3.96. The molecule has 1 atom stereocenters. The third kappa shape index (κ3) is 13.1. The van der Waals surface area contributed by atoms with Crippen molar-refractivity contribution in [2.24, 2.45) is 0 Å². The van der Waals surface area contributed by atoms with E-state index in [4.69, 9.17) is 17.1 Å². The zero-order valence-electron chi connectivity index (χ0n) is 19.4. The lowest BCUT2D eigenvalue weighted by Crippen LogP contribution is -2.51. The van der Waals surface area contributed by atoms with E-state index in [1.165, 1.54) is 6.08 Å². The molecule has 0 amide bonds. The number of hydrogen-bond donors (Lipinski definition) is 0. The first-order valence-electron chi connectivity index (χ1n) is 9.76. The van der Waals surface area contributed by atoms with Gasteiger partial charge in [-0.2, -0.15) is 0 Å². The van der Waals surface area contributed by atoms with Crippen LogP contribution in [0.2, 0.25) is 71.0 Å². The van der Waals surface area contributed by atoms with Gasteiger partial charge < -0.3 is 17.1 Å². The highest BCUT2D eigenvalue weighted by atomic mass is 28.4. The SMILES string of the molecule is C=CC(=O)OC(C)(C)[SiH](C)O[Si](C)(C)CC[SiH](O[Si](C)(C)C)O[Si](C)(C)C. The molecule has 0 aliphatic carbocycles. The van der Waals surface area contributed by atoms with Crippen LogP contribution in [0.4, 0.5) is 0 Å². The Morgan fingerprint density at radius 3 is 1.78 bits per heavy atom. The van der Waals surface area contributed by atoms with Crippen LogP contribution in [0.15, 0.2) is 12.7 Å². The summed E-state index contributed by atoms with van der Waals surface area (Å²) in [6.45, 7) is 27.3. The van der Waals surface area contributed by atoms with Gasteiger partial charge in [0.15, 0.2) is 25.0 Å². The van der Waals surface area contributed by atoms with Crippen molar-refractivity contribution in [1.29, 1.82) is 0 Å². The Balaban J connectivity index is 4.94. The molecule has 160 valence electrons. The molecule has 0 saturated carbocycles. The van der Waals surface area contributed by atoms with Gasteiger partial charge in [0.2, 0.25) is 9.04 Å². The summed E-state index contributed by atoms with van der Waals surface area (Å²) in [5.41, 5.74) is 0. The quantitative estimate of drug-likeness (QED) is 0.240. The third-order valence-corrected chi connectivity index (χ3v) is 20.6. The Labute approximate surface area is 173 Å². The van der Waals surface area contributed by atoms with Crippen molar-refractivity contribution in [3.05, 3.63) is 12.7 Å². The van der Waals surface area contributed by atoms with Crippen LogP contribution < -0.4 is 0 Å². The fraction of sp³-hybridized carbons (Fsp3) is 0.824. The van der Waals surface area contributed by atoms with Crippen LogP contribution in [0.5, 0.6) is 0 Å². The molecule has 0 aromatic rings. The molecule has 0 saturated heterocycles. The molecular weight excluding hydrogens is 425 g/mol. The molecule has 0 fully saturated rings. The number of hydrogen-bond acceptors (Lipinski definition) is 5. The molecule has 0 radical (unpaired) electrons. The predicted octanol–water partition coefficient (Wildman–Crippen LogP) is 4.53. The highest BCUT2D eigenvalue weighted by Crippen LogP contribution is 2.25. The second-order valence-electron chi connectivity index (χ2n) is 10.2. The molecule has 0 aliphatic heterocycles. The molecule has 0 aromatic heterocycles. The van der Waals surface area contributed by atoms with Gasteiger partial charge in [-0.15, -0.1) is 0 Å². The Kier molecular flexibility index (Phi) is 10.3. The average Bonchev–Trinajstić information content (AvgIpc) is 2.40. The summed E-state index contributed by atoms with van der Waals surface area (Å²) in [6, 6.07) is 2.00. The predicted molar refractivity (Wildman–Crippen MR) is 128 cm³/mol. The highest BCUT2D eigenvalue weighted by Gasteiger charge is 2.38. The zero-order chi connectivity index (χ0) is 21.7. The maximum atomic E-state index is 11.6. The van der Waals surface area contributed by atoms with Gasteiger partial charge in [-0.3, -0.25) is 0 Å². The van der Waals surface area contributed by atoms with E-state index in [9.17, 15) is 4.79 Å². The van der Waals surface area contributed by atoms with Crippen molar-refractivity contribution in [2.45, 2.75) is 90.1 Å². The van der Waals surface area contributed by atoms with Gasteiger partial charge in [-0.25, -0.2) is 4.79 Å². The van der Waals surface area contributed by atoms with E-state index in [-0.39, 0.29) is 5.97 Å². The van der Waals surface area contributed by atoms with E-state index in [0.29, 0.717) is 0 Å². The fourth-order valence-corrected chi connectivity index (χ4v) is 19.8. The van der Waals surface area contributed by atoms with Gasteiger partial charge in [0, 0.05) is 6.08 Å². The van der Waals surface area contributed by atoms with E-state index in [2.05, 4.69) is 65.5 Å². The summed E-state index contributed by atoms with van der Waals surface area (Å²) in [6.07, 6.45) is 1.21. The lowest BCUT2D eigenvalue weighted by atomic mass is 10.4. The Morgan fingerprint density at radius 2 is 1.41 bits per heavy atom. The minimum Gasteiger partial charge on any atom is -0.458 e. The summed E-state index contributed by atoms with van der Waals surface area (Å²) < 4.78 is 25.0. The number of carbonyl (C=O) groups is 1. The van der Waals surface area contributed by atoms with E-state index in [1.807, 2.05) is 13.8 Å². The first-order valence-corrected chi connectivity index (χ1v) is 23.7. The summed E-state index contributed by atoms with van der Waals surface area (Å²) in [5.74, 6) is -0.387. The van der Waals surface area contributed by atoms with Crippen LogP contribution in [0.3, 0.4) is 0 Å². The van der Waals surface area contributed by atoms with Crippen LogP contribution in [-0.2, 0) is 21.9 Å². The zero-order valence-corrected chi connectivity index (χ0v) is 24.7. The lowest BCUT2D eigenvalue weighted by Gasteiger charge is -2.37. The molecule has 5 nitrogen and oxygen atoms in total. The van der Waals surface area contributed by atoms with Gasteiger partial charge in [0.1, 0.15) is 5.22 Å². The standard InChI is InChI=1S/C17H42O5Si5/c1-13-16(18)19-17(2,3)23(4)20-27(11,12)15-14-24(21-25(5,6)7)22-26(8,9)10/h13,23-24H,1,14-15H2,2-12H3. The summed E-state index contributed by atoms with van der Waals surface area (Å²) in [7, 11) is -8.59. The number of rotatable bonds is 12. The van der Waals surface area contributed by atoms with Crippen LogP contribution in [0.25, 0.3) is 0 Å². The minimum absolute atomic E-state index is 0.387. The van der Waals surface area contributed by atoms with Crippen LogP contribution >= 0.6 is 0 Å². The first-order chi connectivity index (χ1) is 11.9. The van der Waals surface area contributed by atoms with E-state index >= 15 is 0 Å². The van der Waals surface area contributed by atoms with Crippen LogP contribution in [0.1, 0.15) is 13.8 Å². The first kappa shape index (κ1) is 27.2. The van der Waals surface area contributed by atoms with Gasteiger partial charge in [0.05, 0.1) is 0 Å². The number of carbonyl (C=O) groups excluding carboxylic acids is 1. The van der Waals surface area contributed by atoms with Crippen molar-refractivity contribution in [1.82, 2.24) is 0 Å². The minimum atomic E-state index is -1.90. The fourth-order valence-electron chi connectivity index (χ4n) is 2.46. The van der Waals surface area contributed by atoms with Crippen molar-refractivity contribution in [3.8, 4) is 0 Å². The molecular formula is C17H42O5Si5. The van der Waals surface area contributed by atoms with Crippen molar-refractivity contribution < 1.29 is 21.9 Å². The second-order valence-corrected chi connectivity index (χ2v) is 29.6. The molecule has 0 N–H and O–H groups in total. The lowest BCUT2D eigenvalue weighted by molar-refractivity contribution is -0.144. The van der Waals surface area contributed by atoms with Gasteiger partial charge in [0.25, 0.3) is 0 Å². The maximum Gasteiger partial charge on any atom is 0.330 e. The number of esters is 1. The van der Waals surface area contributed by atoms with Crippen molar-refractivity contribution in [2.75, 3.05) is 0 Å². The van der Waals surface area contributed by atoms with Gasteiger partial charge in [-0.05, 0) is 84.9 Å². The summed E-state index contributed by atoms with van der Waals surface area (Å²) in [5, 5.41) is -0.560. The summed E-state index contributed by atoms with van der Waals surface area (Å²) in [4.78, 5) is 11.6. The van der Waals surface area contributed by atoms with Crippen LogP contribution in [0, 0.1) is 0 Å². The van der Waals surface area contributed by atoms with E-state index in [0.717, 1.165) is 12.1 Å². The maximum absolute atomic E-state index is 11.6. The molecule has 1 unspecified atom stereocenters. The Hall–Kier alpha value is 0.174. The molecule has 10 heteroatoms. The van der Waals surface area contributed by atoms with Gasteiger partial charge >= 0.3 is 15.3 Å². The van der Waals surface area contributed by atoms with Crippen LogP contribution in [-0.4, -0.2) is 54.5 Å². The van der Waals surface area contributed by atoms with Crippen molar-refractivity contribution in [3.63, 3.8) is 0 Å². The monoisotopic (exact) mass is 466 g/mol. The Morgan fingerprint density at radius 1 is 0.963 bits per heavy atom. The van der Waals surface area contributed by atoms with E-state index < -0.39 is 48.5 Å². The second kappa shape index (κ2) is 10.3. The Bertz CT molecular complexity index is 481. The largest absolute Gasteiger partial charge is 0.458 e.